The Morgan fingerprint density at radius 3 is 1.79 bits per heavy atom. The Morgan fingerprint density at radius 2 is 1.42 bits per heavy atom. The lowest BCUT2D eigenvalue weighted by Crippen LogP contribution is -2.87. The van der Waals surface area contributed by atoms with Crippen LogP contribution in [0.2, 0.25) is 5.02 Å². The SMILES string of the molecule is CC(=O)C(O)[C@H]1O[C@@H](S(=O)(=O)c2ncc(Cl)cn2)[C@@](O)(C(C)=O)[C@](O)(C(C)=O)[C@@]1(O)C(C)=O. The van der Waals surface area contributed by atoms with Gasteiger partial charge >= 0.3 is 0 Å². The summed E-state index contributed by atoms with van der Waals surface area (Å²) in [6, 6.07) is 0. The van der Waals surface area contributed by atoms with Crippen molar-refractivity contribution in [3.8, 4) is 0 Å². The first-order valence-electron chi connectivity index (χ1n) is 9.17. The average molecular weight is 509 g/mol. The van der Waals surface area contributed by atoms with Gasteiger partial charge in [-0.05, 0) is 27.7 Å². The maximum Gasteiger partial charge on any atom is 0.249 e. The van der Waals surface area contributed by atoms with Crippen LogP contribution in [0.5, 0.6) is 0 Å². The fourth-order valence-corrected chi connectivity index (χ4v) is 5.51. The van der Waals surface area contributed by atoms with Gasteiger partial charge in [-0.3, -0.25) is 19.2 Å². The Morgan fingerprint density at radius 1 is 0.970 bits per heavy atom. The average Bonchev–Trinajstić information content (AvgIpc) is 2.71. The molecule has 4 N–H and O–H groups in total. The highest BCUT2D eigenvalue weighted by molar-refractivity contribution is 7.91. The van der Waals surface area contributed by atoms with Crippen LogP contribution in [0.4, 0.5) is 0 Å². The summed E-state index contributed by atoms with van der Waals surface area (Å²) in [7, 11) is -5.23. The number of hydrogen-bond acceptors (Lipinski definition) is 13. The van der Waals surface area contributed by atoms with Gasteiger partial charge in [0.1, 0.15) is 12.2 Å². The van der Waals surface area contributed by atoms with Crippen molar-refractivity contribution in [1.29, 1.82) is 0 Å². The van der Waals surface area contributed by atoms with Crippen molar-refractivity contribution >= 4 is 44.6 Å². The van der Waals surface area contributed by atoms with Crippen molar-refractivity contribution in [3.63, 3.8) is 0 Å². The molecule has 0 amide bonds. The van der Waals surface area contributed by atoms with Gasteiger partial charge in [0.25, 0.3) is 0 Å². The van der Waals surface area contributed by atoms with E-state index >= 15 is 0 Å². The fraction of sp³-hybridized carbons (Fsp3) is 0.556. The Hall–Kier alpha value is -2.20. The summed E-state index contributed by atoms with van der Waals surface area (Å²) in [6.45, 7) is 2.49. The molecule has 0 saturated carbocycles. The zero-order valence-corrected chi connectivity index (χ0v) is 19.3. The molecular formula is C18H21ClN2O11S. The number of aromatic nitrogens is 2. The summed E-state index contributed by atoms with van der Waals surface area (Å²) in [6.07, 6.45) is -3.43. The third kappa shape index (κ3) is 3.62. The molecule has 33 heavy (non-hydrogen) atoms. The highest BCUT2D eigenvalue weighted by atomic mass is 35.5. The number of ether oxygens (including phenoxy) is 1. The number of ketones is 4. The number of rotatable bonds is 7. The highest BCUT2D eigenvalue weighted by Gasteiger charge is 2.81. The summed E-state index contributed by atoms with van der Waals surface area (Å²) in [5.74, 6) is -5.95. The van der Waals surface area contributed by atoms with Crippen molar-refractivity contribution < 1.29 is 52.8 Å². The molecule has 1 saturated heterocycles. The third-order valence-electron chi connectivity index (χ3n) is 5.55. The molecule has 0 radical (unpaired) electrons. The van der Waals surface area contributed by atoms with E-state index in [9.17, 15) is 48.0 Å². The molecule has 0 spiro atoms. The van der Waals surface area contributed by atoms with E-state index in [1.165, 1.54) is 0 Å². The van der Waals surface area contributed by atoms with Crippen LogP contribution in [0.3, 0.4) is 0 Å². The Kier molecular flexibility index (Phi) is 7.00. The molecule has 6 atom stereocenters. The van der Waals surface area contributed by atoms with E-state index in [0.29, 0.717) is 20.8 Å². The van der Waals surface area contributed by atoms with Crippen LogP contribution in [0.15, 0.2) is 17.6 Å². The molecule has 0 aliphatic carbocycles. The Labute approximate surface area is 192 Å². The van der Waals surface area contributed by atoms with E-state index in [0.717, 1.165) is 19.3 Å². The number of nitrogens with zero attached hydrogens (tertiary/aromatic N) is 2. The van der Waals surface area contributed by atoms with Crippen molar-refractivity contribution in [2.45, 2.75) is 67.3 Å². The molecule has 2 rings (SSSR count). The molecule has 0 aromatic carbocycles. The minimum absolute atomic E-state index is 0.101. The molecule has 1 aliphatic rings. The summed E-state index contributed by atoms with van der Waals surface area (Å²) in [5, 5.41) is 42.9. The molecule has 13 nitrogen and oxygen atoms in total. The second-order valence-electron chi connectivity index (χ2n) is 7.58. The van der Waals surface area contributed by atoms with Gasteiger partial charge in [0.2, 0.25) is 31.6 Å². The lowest BCUT2D eigenvalue weighted by molar-refractivity contribution is -0.313. The first kappa shape index (κ1) is 27.0. The molecule has 0 bridgehead atoms. The number of Topliss-reactive ketones (excluding diaryl/α,β-unsaturated/α-hetero) is 4. The van der Waals surface area contributed by atoms with Crippen molar-refractivity contribution in [1.82, 2.24) is 9.97 Å². The van der Waals surface area contributed by atoms with Crippen LogP contribution in [0.1, 0.15) is 27.7 Å². The topological polar surface area (TPSA) is 218 Å². The van der Waals surface area contributed by atoms with Crippen molar-refractivity contribution in [2.24, 2.45) is 0 Å². The van der Waals surface area contributed by atoms with E-state index in [-0.39, 0.29) is 5.02 Å². The van der Waals surface area contributed by atoms with Crippen LogP contribution >= 0.6 is 11.6 Å². The lowest BCUT2D eigenvalue weighted by atomic mass is 9.60. The number of aliphatic hydroxyl groups excluding tert-OH is 1. The minimum atomic E-state index is -5.23. The Balaban J connectivity index is 3.01. The molecule has 1 fully saturated rings. The van der Waals surface area contributed by atoms with Crippen molar-refractivity contribution in [3.05, 3.63) is 17.4 Å². The first-order valence-corrected chi connectivity index (χ1v) is 11.1. The first-order chi connectivity index (χ1) is 14.9. The highest BCUT2D eigenvalue weighted by Crippen LogP contribution is 2.49. The predicted molar refractivity (Wildman–Crippen MR) is 106 cm³/mol. The molecule has 2 heterocycles. The number of carbonyl (C=O) groups excluding carboxylic acids is 4. The third-order valence-corrected chi connectivity index (χ3v) is 7.48. The maximum atomic E-state index is 13.3. The smallest absolute Gasteiger partial charge is 0.249 e. The summed E-state index contributed by atoms with van der Waals surface area (Å²) >= 11 is 5.63. The number of sulfone groups is 1. The minimum Gasteiger partial charge on any atom is -0.382 e. The second kappa shape index (κ2) is 8.54. The number of carbonyl (C=O) groups is 4. The molecule has 1 unspecified atom stereocenters. The number of halogens is 1. The van der Waals surface area contributed by atoms with Gasteiger partial charge in [-0.25, -0.2) is 18.4 Å². The summed E-state index contributed by atoms with van der Waals surface area (Å²) in [5.41, 5.74) is -14.3. The van der Waals surface area contributed by atoms with Crippen LogP contribution in [-0.2, 0) is 33.8 Å². The summed E-state index contributed by atoms with van der Waals surface area (Å²) in [4.78, 5) is 56.4. The van der Waals surface area contributed by atoms with E-state index < -0.39 is 72.6 Å². The van der Waals surface area contributed by atoms with Crippen LogP contribution < -0.4 is 0 Å². The summed E-state index contributed by atoms with van der Waals surface area (Å²) < 4.78 is 31.7. The zero-order valence-electron chi connectivity index (χ0n) is 17.7. The normalized spacial score (nSPS) is 33.2. The maximum absolute atomic E-state index is 13.3. The van der Waals surface area contributed by atoms with E-state index in [1.54, 1.807) is 0 Å². The van der Waals surface area contributed by atoms with Gasteiger partial charge in [-0.15, -0.1) is 0 Å². The van der Waals surface area contributed by atoms with Gasteiger partial charge in [-0.1, -0.05) is 11.6 Å². The fourth-order valence-electron chi connectivity index (χ4n) is 3.77. The zero-order chi connectivity index (χ0) is 25.7. The molecular weight excluding hydrogens is 488 g/mol. The van der Waals surface area contributed by atoms with Crippen LogP contribution in [-0.4, -0.2) is 96.4 Å². The Bertz CT molecular complexity index is 1120. The molecule has 1 aliphatic heterocycles. The van der Waals surface area contributed by atoms with Crippen molar-refractivity contribution in [2.75, 3.05) is 0 Å². The number of aliphatic hydroxyl groups is 4. The van der Waals surface area contributed by atoms with Gasteiger partial charge in [0.05, 0.1) is 17.4 Å². The molecule has 15 heteroatoms. The van der Waals surface area contributed by atoms with Gasteiger partial charge in [0, 0.05) is 0 Å². The van der Waals surface area contributed by atoms with E-state index in [4.69, 9.17) is 16.3 Å². The molecule has 1 aromatic rings. The lowest BCUT2D eigenvalue weighted by Gasteiger charge is -2.57. The van der Waals surface area contributed by atoms with Crippen LogP contribution in [0, 0.1) is 0 Å². The molecule has 182 valence electrons. The van der Waals surface area contributed by atoms with Gasteiger partial charge < -0.3 is 25.2 Å². The predicted octanol–water partition coefficient (Wildman–Crippen LogP) is -2.46. The quantitative estimate of drug-likeness (QED) is 0.281. The van der Waals surface area contributed by atoms with Crippen LogP contribution in [0.25, 0.3) is 0 Å². The monoisotopic (exact) mass is 508 g/mol. The van der Waals surface area contributed by atoms with Gasteiger partial charge in [0.15, 0.2) is 28.7 Å². The standard InChI is InChI=1S/C18H21ClN2O11S/c1-7(22)12(26)13-16(27,8(2)23)18(29,10(4)25)17(28,9(3)24)14(32-13)33(30,31)15-20-5-11(19)6-21-15/h5-6,12-14,26-29H,1-4H3/t12?,13-,14+,16-,17+,18+/m1/s1. The van der Waals surface area contributed by atoms with Gasteiger partial charge in [-0.2, -0.15) is 0 Å². The van der Waals surface area contributed by atoms with E-state index in [2.05, 4.69) is 9.97 Å². The largest absolute Gasteiger partial charge is 0.382 e. The number of hydrogen-bond donors (Lipinski definition) is 4. The van der Waals surface area contributed by atoms with E-state index in [1.807, 2.05) is 0 Å². The second-order valence-corrected chi connectivity index (χ2v) is 9.90. The molecule has 1 aromatic heterocycles.